The highest BCUT2D eigenvalue weighted by Crippen LogP contribution is 2.36. The minimum Gasteiger partial charge on any atom is -0.348 e. The van der Waals surface area contributed by atoms with Crippen molar-refractivity contribution >= 4 is 52.3 Å². The Morgan fingerprint density at radius 3 is 2.59 bits per heavy atom. The molecule has 1 aliphatic rings. The van der Waals surface area contributed by atoms with Gasteiger partial charge in [-0.25, -0.2) is 0 Å². The first kappa shape index (κ1) is 23.8. The minimum atomic E-state index is -0.592. The molecule has 0 unspecified atom stereocenters. The lowest BCUT2D eigenvalue weighted by atomic mass is 10.1. The second kappa shape index (κ2) is 10.3. The number of nitrogens with zero attached hydrogens (tertiary/aromatic N) is 1. The number of benzene rings is 3. The normalized spacial score (nSPS) is 15.3. The Kier molecular flexibility index (Phi) is 7.20. The Hall–Kier alpha value is -3.35. The number of hydrogen-bond donors (Lipinski definition) is 2. The molecule has 0 bridgehead atoms. The zero-order chi connectivity index (χ0) is 24.2. The van der Waals surface area contributed by atoms with Gasteiger partial charge in [0.15, 0.2) is 0 Å². The average molecular weight is 496 g/mol. The molecule has 3 aromatic rings. The molecule has 1 fully saturated rings. The monoisotopic (exact) mass is 495 g/mol. The van der Waals surface area contributed by atoms with E-state index in [1.165, 1.54) is 4.90 Å². The fourth-order valence-corrected chi connectivity index (χ4v) is 4.34. The van der Waals surface area contributed by atoms with Gasteiger partial charge in [0.25, 0.3) is 5.91 Å². The molecule has 1 aliphatic heterocycles. The maximum absolute atomic E-state index is 13.0. The third kappa shape index (κ3) is 5.24. The van der Waals surface area contributed by atoms with E-state index in [1.54, 1.807) is 42.5 Å². The Morgan fingerprint density at radius 1 is 1.03 bits per heavy atom. The van der Waals surface area contributed by atoms with Gasteiger partial charge in [-0.3, -0.25) is 14.4 Å². The smallest absolute Gasteiger partial charge is 0.253 e. The number of amides is 3. The maximum atomic E-state index is 13.0. The molecule has 1 atom stereocenters. The van der Waals surface area contributed by atoms with E-state index in [-0.39, 0.29) is 35.7 Å². The van der Waals surface area contributed by atoms with Crippen LogP contribution < -0.4 is 15.5 Å². The molecule has 3 aromatic carbocycles. The van der Waals surface area contributed by atoms with Crippen LogP contribution in [0.4, 0.5) is 11.4 Å². The minimum absolute atomic E-state index is 0.0381. The number of para-hydroxylation sites is 1. The van der Waals surface area contributed by atoms with Gasteiger partial charge in [0.2, 0.25) is 11.8 Å². The summed E-state index contributed by atoms with van der Waals surface area (Å²) in [4.78, 5) is 39.9. The van der Waals surface area contributed by atoms with Crippen molar-refractivity contribution < 1.29 is 14.4 Å². The van der Waals surface area contributed by atoms with E-state index in [1.807, 2.05) is 31.2 Å². The van der Waals surface area contributed by atoms with Gasteiger partial charge in [-0.15, -0.1) is 0 Å². The molecule has 8 heteroatoms. The summed E-state index contributed by atoms with van der Waals surface area (Å²) < 4.78 is 0. The van der Waals surface area contributed by atoms with Crippen molar-refractivity contribution in [3.05, 3.63) is 93.5 Å². The number of halogens is 2. The zero-order valence-corrected chi connectivity index (χ0v) is 20.0. The second-order valence-corrected chi connectivity index (χ2v) is 8.97. The molecule has 0 aromatic heterocycles. The number of aryl methyl sites for hydroxylation is 1. The van der Waals surface area contributed by atoms with Gasteiger partial charge in [-0.1, -0.05) is 71.2 Å². The van der Waals surface area contributed by atoms with Crippen molar-refractivity contribution in [1.29, 1.82) is 0 Å². The maximum Gasteiger partial charge on any atom is 0.253 e. The molecule has 6 nitrogen and oxygen atoms in total. The second-order valence-electron chi connectivity index (χ2n) is 8.18. The summed E-state index contributed by atoms with van der Waals surface area (Å²) >= 11 is 12.3. The fraction of sp³-hybridized carbons (Fsp3) is 0.192. The molecule has 2 N–H and O–H groups in total. The average Bonchev–Trinajstić information content (AvgIpc) is 3.21. The van der Waals surface area contributed by atoms with Crippen molar-refractivity contribution in [2.75, 3.05) is 16.8 Å². The summed E-state index contributed by atoms with van der Waals surface area (Å²) in [7, 11) is 0. The van der Waals surface area contributed by atoms with Crippen LogP contribution in [0.1, 0.15) is 27.9 Å². The van der Waals surface area contributed by atoms with Crippen molar-refractivity contribution in [2.45, 2.75) is 19.9 Å². The van der Waals surface area contributed by atoms with Crippen LogP contribution in [0.15, 0.2) is 66.7 Å². The predicted octanol–water partition coefficient (Wildman–Crippen LogP) is 5.22. The van der Waals surface area contributed by atoms with E-state index in [2.05, 4.69) is 10.6 Å². The molecule has 0 radical (unpaired) electrons. The fourth-order valence-electron chi connectivity index (χ4n) is 3.94. The standard InChI is InChI=1S/C26H23Cl2N3O3/c1-16-6-4-7-17(12-16)14-29-26(34)19-8-2-3-10-21(19)30-25(33)18-13-23(32)31(15-18)22-11-5-9-20(27)24(22)28/h2-12,18H,13-15H2,1H3,(H,29,34)(H,30,33)/t18-/m0/s1. The van der Waals surface area contributed by atoms with Crippen LogP contribution in [0, 0.1) is 12.8 Å². The first-order valence-corrected chi connectivity index (χ1v) is 11.6. The van der Waals surface area contributed by atoms with Gasteiger partial charge >= 0.3 is 0 Å². The molecule has 34 heavy (non-hydrogen) atoms. The molecule has 174 valence electrons. The van der Waals surface area contributed by atoms with Gasteiger partial charge in [0.1, 0.15) is 0 Å². The largest absolute Gasteiger partial charge is 0.348 e. The number of hydrogen-bond acceptors (Lipinski definition) is 3. The van der Waals surface area contributed by atoms with Gasteiger partial charge in [0.05, 0.1) is 32.9 Å². The summed E-state index contributed by atoms with van der Waals surface area (Å²) in [6, 6.07) is 19.7. The van der Waals surface area contributed by atoms with E-state index in [9.17, 15) is 14.4 Å². The van der Waals surface area contributed by atoms with Gasteiger partial charge in [-0.05, 0) is 36.8 Å². The highest BCUT2D eigenvalue weighted by atomic mass is 35.5. The lowest BCUT2D eigenvalue weighted by Gasteiger charge is -2.19. The Morgan fingerprint density at radius 2 is 1.79 bits per heavy atom. The summed E-state index contributed by atoms with van der Waals surface area (Å²) in [6.07, 6.45) is 0.0381. The zero-order valence-electron chi connectivity index (χ0n) is 18.5. The van der Waals surface area contributed by atoms with Crippen LogP contribution in [0.5, 0.6) is 0 Å². The third-order valence-electron chi connectivity index (χ3n) is 5.68. The van der Waals surface area contributed by atoms with Crippen molar-refractivity contribution in [2.24, 2.45) is 5.92 Å². The number of carbonyl (C=O) groups excluding carboxylic acids is 3. The van der Waals surface area contributed by atoms with Crippen molar-refractivity contribution in [3.63, 3.8) is 0 Å². The SMILES string of the molecule is Cc1cccc(CNC(=O)c2ccccc2NC(=O)[C@H]2CC(=O)N(c3cccc(Cl)c3Cl)C2)c1. The highest BCUT2D eigenvalue weighted by Gasteiger charge is 2.36. The first-order chi connectivity index (χ1) is 16.3. The van der Waals surface area contributed by atoms with Crippen LogP contribution in [0.3, 0.4) is 0 Å². The number of rotatable bonds is 6. The van der Waals surface area contributed by atoms with Crippen LogP contribution >= 0.6 is 23.2 Å². The van der Waals surface area contributed by atoms with Gasteiger partial charge in [0, 0.05) is 19.5 Å². The van der Waals surface area contributed by atoms with E-state index in [0.717, 1.165) is 11.1 Å². The number of anilines is 2. The van der Waals surface area contributed by atoms with Crippen LogP contribution in [-0.2, 0) is 16.1 Å². The van der Waals surface area contributed by atoms with E-state index in [0.29, 0.717) is 28.5 Å². The Bertz CT molecular complexity index is 1260. The molecule has 0 saturated carbocycles. The van der Waals surface area contributed by atoms with Gasteiger partial charge in [-0.2, -0.15) is 0 Å². The number of nitrogens with one attached hydrogen (secondary N) is 2. The molecular weight excluding hydrogens is 473 g/mol. The quantitative estimate of drug-likeness (QED) is 0.491. The summed E-state index contributed by atoms with van der Waals surface area (Å²) in [5.41, 5.74) is 3.31. The molecule has 0 spiro atoms. The van der Waals surface area contributed by atoms with E-state index >= 15 is 0 Å². The first-order valence-electron chi connectivity index (χ1n) is 10.8. The molecule has 3 amide bonds. The lowest BCUT2D eigenvalue weighted by molar-refractivity contribution is -0.122. The highest BCUT2D eigenvalue weighted by molar-refractivity contribution is 6.44. The van der Waals surface area contributed by atoms with Crippen LogP contribution in [0.2, 0.25) is 10.0 Å². The molecule has 4 rings (SSSR count). The topological polar surface area (TPSA) is 78.5 Å². The summed E-state index contributed by atoms with van der Waals surface area (Å²) in [5.74, 6) is -1.44. The molecular formula is C26H23Cl2N3O3. The lowest BCUT2D eigenvalue weighted by Crippen LogP contribution is -2.29. The van der Waals surface area contributed by atoms with E-state index in [4.69, 9.17) is 23.2 Å². The molecule has 0 aliphatic carbocycles. The van der Waals surface area contributed by atoms with Gasteiger partial charge < -0.3 is 15.5 Å². The van der Waals surface area contributed by atoms with Crippen LogP contribution in [0.25, 0.3) is 0 Å². The Labute approximate surface area is 207 Å². The third-order valence-corrected chi connectivity index (χ3v) is 6.49. The van der Waals surface area contributed by atoms with Crippen molar-refractivity contribution in [1.82, 2.24) is 5.32 Å². The number of carbonyl (C=O) groups is 3. The summed E-state index contributed by atoms with van der Waals surface area (Å²) in [6.45, 7) is 2.53. The Balaban J connectivity index is 1.44. The van der Waals surface area contributed by atoms with Crippen LogP contribution in [-0.4, -0.2) is 24.3 Å². The predicted molar refractivity (Wildman–Crippen MR) is 134 cm³/mol. The van der Waals surface area contributed by atoms with Crippen molar-refractivity contribution in [3.8, 4) is 0 Å². The summed E-state index contributed by atoms with van der Waals surface area (Å²) in [5, 5.41) is 6.33. The van der Waals surface area contributed by atoms with E-state index < -0.39 is 5.92 Å². The molecule has 1 heterocycles. The molecule has 1 saturated heterocycles.